The Bertz CT molecular complexity index is 274. The van der Waals surface area contributed by atoms with Gasteiger partial charge in [-0.2, -0.15) is 0 Å². The summed E-state index contributed by atoms with van der Waals surface area (Å²) in [6.07, 6.45) is -6.96. The number of aliphatic hydroxyl groups is 4. The molecule has 1 rings (SSSR count). The molecule has 1 heterocycles. The molecular formula is C9H17NO7. The summed E-state index contributed by atoms with van der Waals surface area (Å²) in [5, 5.41) is 45.8. The average molecular weight is 251 g/mol. The second kappa shape index (κ2) is 5.71. The van der Waals surface area contributed by atoms with Gasteiger partial charge in [-0.1, -0.05) is 0 Å². The van der Waals surface area contributed by atoms with E-state index in [2.05, 4.69) is 0 Å². The molecule has 1 saturated heterocycles. The van der Waals surface area contributed by atoms with Crippen LogP contribution in [0.5, 0.6) is 0 Å². The van der Waals surface area contributed by atoms with Crippen molar-refractivity contribution in [2.75, 3.05) is 6.61 Å². The third-order valence-electron chi connectivity index (χ3n) is 2.79. The first kappa shape index (κ1) is 14.3. The lowest BCUT2D eigenvalue weighted by Gasteiger charge is -2.39. The largest absolute Gasteiger partial charge is 0.479 e. The van der Waals surface area contributed by atoms with Crippen molar-refractivity contribution >= 4 is 5.97 Å². The van der Waals surface area contributed by atoms with Crippen LogP contribution in [0.3, 0.4) is 0 Å². The zero-order valence-corrected chi connectivity index (χ0v) is 9.01. The number of rotatable bonds is 4. The zero-order chi connectivity index (χ0) is 13.2. The van der Waals surface area contributed by atoms with Gasteiger partial charge in [0.15, 0.2) is 6.10 Å². The highest BCUT2D eigenvalue weighted by Crippen LogP contribution is 2.22. The first-order valence-electron chi connectivity index (χ1n) is 5.17. The molecule has 1 aliphatic heterocycles. The Morgan fingerprint density at radius 3 is 2.53 bits per heavy atom. The van der Waals surface area contributed by atoms with Crippen LogP contribution in [0, 0.1) is 0 Å². The lowest BCUT2D eigenvalue weighted by Crippen LogP contribution is -2.61. The van der Waals surface area contributed by atoms with E-state index in [1.807, 2.05) is 0 Å². The van der Waals surface area contributed by atoms with Crippen LogP contribution < -0.4 is 5.73 Å². The number of ether oxygens (including phenoxy) is 1. The van der Waals surface area contributed by atoms with Gasteiger partial charge in [-0.25, -0.2) is 4.79 Å². The smallest absolute Gasteiger partial charge is 0.332 e. The molecule has 1 aliphatic rings. The molecular weight excluding hydrogens is 234 g/mol. The van der Waals surface area contributed by atoms with Gasteiger partial charge in [0, 0.05) is 6.42 Å². The predicted molar refractivity (Wildman–Crippen MR) is 54.0 cm³/mol. The van der Waals surface area contributed by atoms with Crippen LogP contribution >= 0.6 is 0 Å². The number of hydrogen-bond acceptors (Lipinski definition) is 7. The summed E-state index contributed by atoms with van der Waals surface area (Å²) in [5.41, 5.74) is 5.56. The number of carbonyl (C=O) groups is 1. The minimum atomic E-state index is -1.56. The Hall–Kier alpha value is -0.770. The third kappa shape index (κ3) is 3.12. The van der Waals surface area contributed by atoms with Crippen molar-refractivity contribution < 1.29 is 35.1 Å². The van der Waals surface area contributed by atoms with Crippen LogP contribution in [-0.4, -0.2) is 74.7 Å². The number of aliphatic carboxylic acids is 1. The van der Waals surface area contributed by atoms with Gasteiger partial charge in [0.25, 0.3) is 0 Å². The van der Waals surface area contributed by atoms with Crippen molar-refractivity contribution in [3.63, 3.8) is 0 Å². The maximum absolute atomic E-state index is 10.7. The van der Waals surface area contributed by atoms with Gasteiger partial charge in [0.2, 0.25) is 0 Å². The summed E-state index contributed by atoms with van der Waals surface area (Å²) in [6.45, 7) is -0.721. The van der Waals surface area contributed by atoms with Gasteiger partial charge in [0.1, 0.15) is 18.3 Å². The fourth-order valence-corrected chi connectivity index (χ4v) is 1.73. The summed E-state index contributed by atoms with van der Waals surface area (Å²) in [5.74, 6) is -1.29. The molecule has 0 bridgehead atoms. The standard InChI is InChI=1S/C9H17NO7/c10-6-3(12)1-5(9(15)16)17-8(6)7(14)4(13)2-11/h3-8,11-14H,1-2,10H2,(H,15,16)/t3-,4+,5+,6+,7+,8+/m0/s1. The van der Waals surface area contributed by atoms with E-state index in [9.17, 15) is 20.1 Å². The molecule has 6 atom stereocenters. The molecule has 0 saturated carbocycles. The second-order valence-electron chi connectivity index (χ2n) is 4.05. The summed E-state index contributed by atoms with van der Waals surface area (Å²) >= 11 is 0. The van der Waals surface area contributed by atoms with E-state index in [0.29, 0.717) is 0 Å². The minimum Gasteiger partial charge on any atom is -0.479 e. The van der Waals surface area contributed by atoms with E-state index in [1.54, 1.807) is 0 Å². The van der Waals surface area contributed by atoms with Gasteiger partial charge in [-0.05, 0) is 0 Å². The Labute approximate surface area is 97.2 Å². The van der Waals surface area contributed by atoms with Crippen molar-refractivity contribution in [1.82, 2.24) is 0 Å². The Balaban J connectivity index is 2.77. The summed E-state index contributed by atoms with van der Waals surface area (Å²) in [4.78, 5) is 10.7. The Morgan fingerprint density at radius 1 is 1.47 bits per heavy atom. The van der Waals surface area contributed by atoms with Crippen LogP contribution in [0.2, 0.25) is 0 Å². The second-order valence-corrected chi connectivity index (χ2v) is 4.05. The number of aliphatic hydroxyl groups excluding tert-OH is 4. The van der Waals surface area contributed by atoms with E-state index in [-0.39, 0.29) is 6.42 Å². The summed E-state index contributed by atoms with van der Waals surface area (Å²) in [7, 11) is 0. The van der Waals surface area contributed by atoms with Crippen molar-refractivity contribution in [2.24, 2.45) is 5.73 Å². The highest BCUT2D eigenvalue weighted by molar-refractivity contribution is 5.72. The van der Waals surface area contributed by atoms with Gasteiger partial charge in [0.05, 0.1) is 18.8 Å². The SMILES string of the molecule is N[C@H]1[C@H]([C@H](O)[C@H](O)CO)O[C@@H](C(=O)O)C[C@@H]1O. The molecule has 7 N–H and O–H groups in total. The van der Waals surface area contributed by atoms with Crippen LogP contribution in [0.4, 0.5) is 0 Å². The fourth-order valence-electron chi connectivity index (χ4n) is 1.73. The van der Waals surface area contributed by atoms with E-state index in [4.69, 9.17) is 20.7 Å². The molecule has 0 spiro atoms. The molecule has 0 aliphatic carbocycles. The summed E-state index contributed by atoms with van der Waals surface area (Å²) in [6, 6.07) is -1.03. The molecule has 0 unspecified atom stereocenters. The minimum absolute atomic E-state index is 0.186. The molecule has 8 heteroatoms. The normalized spacial score (nSPS) is 37.5. The first-order valence-corrected chi connectivity index (χ1v) is 5.17. The number of nitrogens with two attached hydrogens (primary N) is 1. The van der Waals surface area contributed by atoms with Crippen LogP contribution in [0.1, 0.15) is 6.42 Å². The first-order chi connectivity index (χ1) is 7.88. The molecule has 0 amide bonds. The highest BCUT2D eigenvalue weighted by atomic mass is 16.5. The van der Waals surface area contributed by atoms with Crippen LogP contribution in [0.15, 0.2) is 0 Å². The van der Waals surface area contributed by atoms with Gasteiger partial charge in [-0.15, -0.1) is 0 Å². The van der Waals surface area contributed by atoms with Gasteiger partial charge >= 0.3 is 5.97 Å². The van der Waals surface area contributed by atoms with E-state index in [0.717, 1.165) is 0 Å². The molecule has 0 aromatic heterocycles. The molecule has 17 heavy (non-hydrogen) atoms. The Morgan fingerprint density at radius 2 is 2.06 bits per heavy atom. The van der Waals surface area contributed by atoms with Gasteiger partial charge < -0.3 is 36.0 Å². The number of carboxylic acids is 1. The maximum atomic E-state index is 10.7. The quantitative estimate of drug-likeness (QED) is 0.302. The van der Waals surface area contributed by atoms with Crippen LogP contribution in [0.25, 0.3) is 0 Å². The van der Waals surface area contributed by atoms with E-state index >= 15 is 0 Å². The lowest BCUT2D eigenvalue weighted by molar-refractivity contribution is -0.191. The molecule has 100 valence electrons. The number of hydrogen-bond donors (Lipinski definition) is 6. The van der Waals surface area contributed by atoms with Crippen LogP contribution in [-0.2, 0) is 9.53 Å². The highest BCUT2D eigenvalue weighted by Gasteiger charge is 2.43. The van der Waals surface area contributed by atoms with Crippen molar-refractivity contribution in [3.8, 4) is 0 Å². The van der Waals surface area contributed by atoms with Crippen molar-refractivity contribution in [3.05, 3.63) is 0 Å². The molecule has 1 fully saturated rings. The summed E-state index contributed by atoms with van der Waals surface area (Å²) < 4.78 is 5.01. The van der Waals surface area contributed by atoms with Gasteiger partial charge in [-0.3, -0.25) is 0 Å². The predicted octanol–water partition coefficient (Wildman–Crippen LogP) is -3.37. The van der Waals surface area contributed by atoms with Crippen molar-refractivity contribution in [2.45, 2.75) is 43.0 Å². The number of carboxylic acid groups (broad SMARTS) is 1. The zero-order valence-electron chi connectivity index (χ0n) is 9.01. The average Bonchev–Trinajstić information content (AvgIpc) is 2.30. The van der Waals surface area contributed by atoms with E-state index < -0.39 is 49.1 Å². The molecule has 0 aromatic rings. The topological polar surface area (TPSA) is 153 Å². The third-order valence-corrected chi connectivity index (χ3v) is 2.79. The molecule has 0 aromatic carbocycles. The molecule has 0 radical (unpaired) electrons. The monoisotopic (exact) mass is 251 g/mol. The fraction of sp³-hybridized carbons (Fsp3) is 0.889. The van der Waals surface area contributed by atoms with E-state index in [1.165, 1.54) is 0 Å². The maximum Gasteiger partial charge on any atom is 0.332 e. The lowest BCUT2D eigenvalue weighted by atomic mass is 9.91. The molecule has 8 nitrogen and oxygen atoms in total. The Kier molecular flexibility index (Phi) is 4.80. The van der Waals surface area contributed by atoms with Crippen molar-refractivity contribution in [1.29, 1.82) is 0 Å².